The van der Waals surface area contributed by atoms with Crippen LogP contribution in [0, 0.1) is 6.92 Å². The average molecular weight is 379 g/mol. The average Bonchev–Trinajstić information content (AvgIpc) is 3.41. The van der Waals surface area contributed by atoms with Gasteiger partial charge in [-0.3, -0.25) is 9.48 Å². The molecule has 3 aromatic heterocycles. The zero-order valence-electron chi connectivity index (χ0n) is 14.8. The number of nitrogens with one attached hydrogen (secondary N) is 1. The molecule has 4 rings (SSSR count). The minimum atomic E-state index is -0.278. The van der Waals surface area contributed by atoms with Gasteiger partial charge in [0.1, 0.15) is 4.88 Å². The SMILES string of the molecule is CCn1ccc(C(=O)Nc2ccsc2-c2nc(-c3cccc(C)c3)no2)n1. The smallest absolute Gasteiger partial charge is 0.276 e. The van der Waals surface area contributed by atoms with E-state index in [9.17, 15) is 4.79 Å². The van der Waals surface area contributed by atoms with Crippen molar-refractivity contribution >= 4 is 22.9 Å². The van der Waals surface area contributed by atoms with Crippen molar-refractivity contribution in [2.75, 3.05) is 5.32 Å². The van der Waals surface area contributed by atoms with Crippen LogP contribution in [0.15, 0.2) is 52.5 Å². The summed E-state index contributed by atoms with van der Waals surface area (Å²) in [4.78, 5) is 17.6. The number of thiophene rings is 1. The molecular formula is C19H17N5O2S. The summed E-state index contributed by atoms with van der Waals surface area (Å²) in [7, 11) is 0. The van der Waals surface area contributed by atoms with Gasteiger partial charge in [-0.1, -0.05) is 28.9 Å². The summed E-state index contributed by atoms with van der Waals surface area (Å²) in [5.41, 5.74) is 2.99. The Morgan fingerprint density at radius 1 is 1.30 bits per heavy atom. The molecule has 7 nitrogen and oxygen atoms in total. The lowest BCUT2D eigenvalue weighted by atomic mass is 10.1. The second-order valence-corrected chi connectivity index (χ2v) is 6.88. The highest BCUT2D eigenvalue weighted by Crippen LogP contribution is 2.34. The summed E-state index contributed by atoms with van der Waals surface area (Å²) in [5, 5.41) is 13.0. The van der Waals surface area contributed by atoms with Gasteiger partial charge in [0.05, 0.1) is 5.69 Å². The Balaban J connectivity index is 1.58. The molecule has 1 amide bonds. The molecule has 0 aliphatic heterocycles. The Labute approximate surface area is 159 Å². The lowest BCUT2D eigenvalue weighted by Gasteiger charge is -2.02. The van der Waals surface area contributed by atoms with E-state index in [1.807, 2.05) is 49.6 Å². The molecule has 4 aromatic rings. The van der Waals surface area contributed by atoms with E-state index >= 15 is 0 Å². The predicted octanol–water partition coefficient (Wildman–Crippen LogP) is 4.24. The molecule has 1 aromatic carbocycles. The first kappa shape index (κ1) is 17.2. The second kappa shape index (κ2) is 7.16. The number of rotatable bonds is 5. The normalized spacial score (nSPS) is 10.9. The van der Waals surface area contributed by atoms with Gasteiger partial charge in [0.2, 0.25) is 5.82 Å². The Morgan fingerprint density at radius 3 is 2.96 bits per heavy atom. The molecule has 1 N–H and O–H groups in total. The molecule has 136 valence electrons. The van der Waals surface area contributed by atoms with Gasteiger partial charge in [0.15, 0.2) is 5.69 Å². The van der Waals surface area contributed by atoms with Gasteiger partial charge in [-0.2, -0.15) is 10.1 Å². The van der Waals surface area contributed by atoms with Crippen molar-refractivity contribution in [1.29, 1.82) is 0 Å². The maximum Gasteiger partial charge on any atom is 0.276 e. The molecule has 27 heavy (non-hydrogen) atoms. The van der Waals surface area contributed by atoms with Crippen molar-refractivity contribution in [1.82, 2.24) is 19.9 Å². The molecule has 0 aliphatic carbocycles. The van der Waals surface area contributed by atoms with Crippen molar-refractivity contribution in [3.05, 3.63) is 59.2 Å². The number of benzene rings is 1. The minimum absolute atomic E-state index is 0.278. The standard InChI is InChI=1S/C19H17N5O2S/c1-3-24-9-7-15(22-24)18(25)20-14-8-10-27-16(14)19-21-17(23-26-19)13-6-4-5-12(2)11-13/h4-11H,3H2,1-2H3,(H,20,25). The number of carbonyl (C=O) groups is 1. The van der Waals surface area contributed by atoms with Crippen LogP contribution in [-0.2, 0) is 6.54 Å². The number of aryl methyl sites for hydroxylation is 2. The topological polar surface area (TPSA) is 85.8 Å². The van der Waals surface area contributed by atoms with Crippen LogP contribution in [0.3, 0.4) is 0 Å². The van der Waals surface area contributed by atoms with E-state index in [-0.39, 0.29) is 5.91 Å². The van der Waals surface area contributed by atoms with Gasteiger partial charge in [0, 0.05) is 18.3 Å². The summed E-state index contributed by atoms with van der Waals surface area (Å²) in [6.45, 7) is 4.69. The number of nitrogens with zero attached hydrogens (tertiary/aromatic N) is 4. The van der Waals surface area contributed by atoms with Gasteiger partial charge in [0.25, 0.3) is 11.8 Å². The first-order chi connectivity index (χ1) is 13.1. The fourth-order valence-electron chi connectivity index (χ4n) is 2.64. The van der Waals surface area contributed by atoms with E-state index in [0.29, 0.717) is 34.5 Å². The summed E-state index contributed by atoms with van der Waals surface area (Å²) in [6.07, 6.45) is 1.77. The molecule has 0 fully saturated rings. The fourth-order valence-corrected chi connectivity index (χ4v) is 3.41. The number of carbonyl (C=O) groups excluding carboxylic acids is 1. The van der Waals surface area contributed by atoms with Gasteiger partial charge in [-0.15, -0.1) is 11.3 Å². The van der Waals surface area contributed by atoms with Crippen molar-refractivity contribution in [2.24, 2.45) is 0 Å². The molecular weight excluding hydrogens is 362 g/mol. The van der Waals surface area contributed by atoms with E-state index in [4.69, 9.17) is 4.52 Å². The quantitative estimate of drug-likeness (QED) is 0.560. The van der Waals surface area contributed by atoms with Crippen LogP contribution in [0.5, 0.6) is 0 Å². The highest BCUT2D eigenvalue weighted by molar-refractivity contribution is 7.14. The van der Waals surface area contributed by atoms with Crippen LogP contribution in [0.4, 0.5) is 5.69 Å². The van der Waals surface area contributed by atoms with Gasteiger partial charge < -0.3 is 9.84 Å². The maximum absolute atomic E-state index is 12.4. The van der Waals surface area contributed by atoms with Gasteiger partial charge >= 0.3 is 0 Å². The molecule has 0 unspecified atom stereocenters. The fraction of sp³-hybridized carbons (Fsp3) is 0.158. The Kier molecular flexibility index (Phi) is 4.55. The Morgan fingerprint density at radius 2 is 2.19 bits per heavy atom. The number of anilines is 1. The highest BCUT2D eigenvalue weighted by Gasteiger charge is 2.18. The third-order valence-electron chi connectivity index (χ3n) is 4.01. The molecule has 0 saturated carbocycles. The highest BCUT2D eigenvalue weighted by atomic mass is 32.1. The van der Waals surface area contributed by atoms with E-state index in [0.717, 1.165) is 11.1 Å². The summed E-state index contributed by atoms with van der Waals surface area (Å²) < 4.78 is 7.13. The van der Waals surface area contributed by atoms with Crippen molar-refractivity contribution in [3.63, 3.8) is 0 Å². The van der Waals surface area contributed by atoms with Crippen LogP contribution in [0.25, 0.3) is 22.2 Å². The van der Waals surface area contributed by atoms with E-state index < -0.39 is 0 Å². The van der Waals surface area contributed by atoms with Crippen LogP contribution in [0.2, 0.25) is 0 Å². The van der Waals surface area contributed by atoms with Crippen LogP contribution >= 0.6 is 11.3 Å². The zero-order valence-corrected chi connectivity index (χ0v) is 15.7. The van der Waals surface area contributed by atoms with E-state index in [2.05, 4.69) is 20.6 Å². The van der Waals surface area contributed by atoms with E-state index in [1.54, 1.807) is 16.9 Å². The van der Waals surface area contributed by atoms with Gasteiger partial charge in [-0.25, -0.2) is 0 Å². The van der Waals surface area contributed by atoms with Crippen molar-refractivity contribution in [2.45, 2.75) is 20.4 Å². The lowest BCUT2D eigenvalue weighted by Crippen LogP contribution is -2.13. The number of amides is 1. The van der Waals surface area contributed by atoms with Crippen LogP contribution in [-0.4, -0.2) is 25.8 Å². The molecule has 0 aliphatic rings. The molecule has 3 heterocycles. The number of hydrogen-bond acceptors (Lipinski definition) is 6. The number of hydrogen-bond donors (Lipinski definition) is 1. The number of aromatic nitrogens is 4. The first-order valence-electron chi connectivity index (χ1n) is 8.47. The Bertz CT molecular complexity index is 1090. The predicted molar refractivity (Wildman–Crippen MR) is 104 cm³/mol. The largest absolute Gasteiger partial charge is 0.333 e. The van der Waals surface area contributed by atoms with Crippen LogP contribution < -0.4 is 5.32 Å². The second-order valence-electron chi connectivity index (χ2n) is 5.97. The summed E-state index contributed by atoms with van der Waals surface area (Å²) >= 11 is 1.42. The molecule has 0 radical (unpaired) electrons. The van der Waals surface area contributed by atoms with E-state index in [1.165, 1.54) is 11.3 Å². The molecule has 0 bridgehead atoms. The molecule has 0 spiro atoms. The zero-order chi connectivity index (χ0) is 18.8. The van der Waals surface area contributed by atoms with Gasteiger partial charge in [-0.05, 0) is 37.4 Å². The third kappa shape index (κ3) is 3.52. The van der Waals surface area contributed by atoms with Crippen LogP contribution in [0.1, 0.15) is 23.0 Å². The summed E-state index contributed by atoms with van der Waals surface area (Å²) in [6, 6.07) is 11.4. The molecule has 8 heteroatoms. The third-order valence-corrected chi connectivity index (χ3v) is 4.91. The Hall–Kier alpha value is -3.26. The minimum Gasteiger partial charge on any atom is -0.333 e. The lowest BCUT2D eigenvalue weighted by molar-refractivity contribution is 0.102. The maximum atomic E-state index is 12.4. The molecule has 0 atom stereocenters. The monoisotopic (exact) mass is 379 g/mol. The first-order valence-corrected chi connectivity index (χ1v) is 9.35. The van der Waals surface area contributed by atoms with Crippen molar-refractivity contribution in [3.8, 4) is 22.2 Å². The van der Waals surface area contributed by atoms with Crippen molar-refractivity contribution < 1.29 is 9.32 Å². The summed E-state index contributed by atoms with van der Waals surface area (Å²) in [5.74, 6) is 0.609. The molecule has 0 saturated heterocycles.